The number of carbonyl (C=O) groups excluding carboxylic acids is 1. The van der Waals surface area contributed by atoms with E-state index in [1.807, 2.05) is 0 Å². The Morgan fingerprint density at radius 1 is 1.14 bits per heavy atom. The van der Waals surface area contributed by atoms with Crippen LogP contribution in [0.4, 0.5) is 0 Å². The highest BCUT2D eigenvalue weighted by molar-refractivity contribution is 5.84. The molecule has 0 unspecified atom stereocenters. The van der Waals surface area contributed by atoms with Crippen molar-refractivity contribution in [2.24, 2.45) is 0 Å². The molecule has 0 saturated carbocycles. The van der Waals surface area contributed by atoms with Crippen molar-refractivity contribution in [1.29, 1.82) is 0 Å². The lowest BCUT2D eigenvalue weighted by molar-refractivity contribution is -0.104. The third-order valence-corrected chi connectivity index (χ3v) is 3.88. The van der Waals surface area contributed by atoms with Crippen LogP contribution in [0, 0.1) is 0 Å². The molecule has 2 nitrogen and oxygen atoms in total. The van der Waals surface area contributed by atoms with E-state index in [1.165, 1.54) is 11.1 Å². The molecule has 0 N–H and O–H groups in total. The number of allylic oxidation sites excluding steroid dienone is 2. The average Bonchev–Trinajstić information content (AvgIpc) is 2.49. The molecular weight excluding hydrogens is 272 g/mol. The van der Waals surface area contributed by atoms with Gasteiger partial charge in [0.05, 0.1) is 6.61 Å². The molecule has 0 spiro atoms. The SMILES string of the molecule is CCCOc1c(/C(=C\C=O)CC)cc(C(C)C)cc1C(C)C. The fraction of sp³-hybridized carbons (Fsp3) is 0.550. The van der Waals surface area contributed by atoms with Crippen LogP contribution in [0.2, 0.25) is 0 Å². The predicted octanol–water partition coefficient (Wildman–Crippen LogP) is 5.71. The van der Waals surface area contributed by atoms with Crippen molar-refractivity contribution < 1.29 is 9.53 Å². The van der Waals surface area contributed by atoms with Gasteiger partial charge in [-0.15, -0.1) is 0 Å². The number of ether oxygens (including phenoxy) is 1. The molecule has 1 aromatic rings. The first-order valence-electron chi connectivity index (χ1n) is 8.41. The quantitative estimate of drug-likeness (QED) is 0.454. The minimum Gasteiger partial charge on any atom is -0.493 e. The van der Waals surface area contributed by atoms with Gasteiger partial charge in [-0.3, -0.25) is 4.79 Å². The Morgan fingerprint density at radius 3 is 2.27 bits per heavy atom. The zero-order valence-electron chi connectivity index (χ0n) is 14.9. The molecular formula is C20H30O2. The summed E-state index contributed by atoms with van der Waals surface area (Å²) in [5, 5.41) is 0. The van der Waals surface area contributed by atoms with Crippen molar-refractivity contribution in [3.8, 4) is 5.75 Å². The molecule has 0 heterocycles. The van der Waals surface area contributed by atoms with Crippen LogP contribution in [0.25, 0.3) is 5.57 Å². The van der Waals surface area contributed by atoms with Crippen LogP contribution in [0.1, 0.15) is 82.9 Å². The Kier molecular flexibility index (Phi) is 7.37. The van der Waals surface area contributed by atoms with Crippen LogP contribution in [-0.4, -0.2) is 12.9 Å². The van der Waals surface area contributed by atoms with E-state index >= 15 is 0 Å². The molecule has 0 atom stereocenters. The van der Waals surface area contributed by atoms with Crippen LogP contribution < -0.4 is 4.74 Å². The van der Waals surface area contributed by atoms with Crippen molar-refractivity contribution >= 4 is 11.9 Å². The van der Waals surface area contributed by atoms with Gasteiger partial charge in [-0.05, 0) is 53.5 Å². The molecule has 1 aromatic carbocycles. The van der Waals surface area contributed by atoms with E-state index in [2.05, 4.69) is 53.7 Å². The Balaban J connectivity index is 3.59. The maximum Gasteiger partial charge on any atom is 0.143 e. The molecule has 0 amide bonds. The van der Waals surface area contributed by atoms with Crippen LogP contribution >= 0.6 is 0 Å². The fourth-order valence-electron chi connectivity index (χ4n) is 2.52. The summed E-state index contributed by atoms with van der Waals surface area (Å²) in [4.78, 5) is 11.0. The van der Waals surface area contributed by atoms with Gasteiger partial charge in [-0.25, -0.2) is 0 Å². The average molecular weight is 302 g/mol. The van der Waals surface area contributed by atoms with Gasteiger partial charge in [0.1, 0.15) is 12.0 Å². The van der Waals surface area contributed by atoms with E-state index in [-0.39, 0.29) is 0 Å². The molecule has 2 heteroatoms. The molecule has 0 aliphatic carbocycles. The molecule has 0 radical (unpaired) electrons. The van der Waals surface area contributed by atoms with Gasteiger partial charge in [-0.1, -0.05) is 47.6 Å². The van der Waals surface area contributed by atoms with E-state index in [4.69, 9.17) is 4.74 Å². The number of hydrogen-bond donors (Lipinski definition) is 0. The Hall–Kier alpha value is -1.57. The Labute approximate surface area is 135 Å². The summed E-state index contributed by atoms with van der Waals surface area (Å²) >= 11 is 0. The second-order valence-corrected chi connectivity index (χ2v) is 6.33. The fourth-order valence-corrected chi connectivity index (χ4v) is 2.52. The van der Waals surface area contributed by atoms with Gasteiger partial charge in [-0.2, -0.15) is 0 Å². The second-order valence-electron chi connectivity index (χ2n) is 6.33. The van der Waals surface area contributed by atoms with Crippen LogP contribution in [-0.2, 0) is 4.79 Å². The smallest absolute Gasteiger partial charge is 0.143 e. The standard InChI is InChI=1S/C20H30O2/c1-7-11-22-20-18(15(5)6)12-17(14(3)4)13-19(20)16(8-2)9-10-21/h9-10,12-15H,7-8,11H2,1-6H3/b16-9-. The second kappa shape index (κ2) is 8.77. The van der Waals surface area contributed by atoms with E-state index in [0.717, 1.165) is 36.0 Å². The third-order valence-electron chi connectivity index (χ3n) is 3.88. The molecule has 1 rings (SSSR count). The highest BCUT2D eigenvalue weighted by Gasteiger charge is 2.18. The Bertz CT molecular complexity index is 525. The summed E-state index contributed by atoms with van der Waals surface area (Å²) in [5.74, 6) is 1.79. The van der Waals surface area contributed by atoms with Crippen molar-refractivity contribution in [2.75, 3.05) is 6.61 Å². The molecule has 22 heavy (non-hydrogen) atoms. The van der Waals surface area contributed by atoms with E-state index in [9.17, 15) is 4.79 Å². The summed E-state index contributed by atoms with van der Waals surface area (Å²) in [6.07, 6.45) is 4.34. The molecule has 0 aliphatic rings. The van der Waals surface area contributed by atoms with Gasteiger partial charge < -0.3 is 4.74 Å². The minimum absolute atomic E-state index is 0.388. The lowest BCUT2D eigenvalue weighted by atomic mass is 9.88. The maximum atomic E-state index is 11.0. The van der Waals surface area contributed by atoms with Crippen molar-refractivity contribution in [2.45, 2.75) is 66.2 Å². The third kappa shape index (κ3) is 4.46. The number of benzene rings is 1. The van der Waals surface area contributed by atoms with Gasteiger partial charge >= 0.3 is 0 Å². The normalized spacial score (nSPS) is 12.1. The molecule has 0 aliphatic heterocycles. The largest absolute Gasteiger partial charge is 0.493 e. The molecule has 0 bridgehead atoms. The maximum absolute atomic E-state index is 11.0. The van der Waals surface area contributed by atoms with E-state index in [0.29, 0.717) is 18.4 Å². The summed E-state index contributed by atoms with van der Waals surface area (Å²) < 4.78 is 6.09. The molecule has 0 saturated heterocycles. The van der Waals surface area contributed by atoms with Crippen LogP contribution in [0.3, 0.4) is 0 Å². The van der Waals surface area contributed by atoms with Gasteiger partial charge in [0.25, 0.3) is 0 Å². The van der Waals surface area contributed by atoms with Crippen molar-refractivity contribution in [3.05, 3.63) is 34.9 Å². The van der Waals surface area contributed by atoms with Crippen LogP contribution in [0.15, 0.2) is 18.2 Å². The van der Waals surface area contributed by atoms with Crippen molar-refractivity contribution in [3.63, 3.8) is 0 Å². The summed E-state index contributed by atoms with van der Waals surface area (Å²) in [5.41, 5.74) is 4.66. The first kappa shape index (κ1) is 18.5. The Morgan fingerprint density at radius 2 is 1.82 bits per heavy atom. The summed E-state index contributed by atoms with van der Waals surface area (Å²) in [7, 11) is 0. The number of aldehydes is 1. The lowest BCUT2D eigenvalue weighted by Crippen LogP contribution is -2.06. The monoisotopic (exact) mass is 302 g/mol. The molecule has 0 aromatic heterocycles. The van der Waals surface area contributed by atoms with Gasteiger partial charge in [0, 0.05) is 5.56 Å². The van der Waals surface area contributed by atoms with Gasteiger partial charge in [0.15, 0.2) is 0 Å². The predicted molar refractivity (Wildman–Crippen MR) is 94.7 cm³/mol. The summed E-state index contributed by atoms with van der Waals surface area (Å²) in [6.45, 7) is 13.7. The zero-order chi connectivity index (χ0) is 16.7. The molecule has 0 fully saturated rings. The lowest BCUT2D eigenvalue weighted by Gasteiger charge is -2.22. The first-order chi connectivity index (χ1) is 10.5. The van der Waals surface area contributed by atoms with E-state index < -0.39 is 0 Å². The topological polar surface area (TPSA) is 26.3 Å². The van der Waals surface area contributed by atoms with Crippen molar-refractivity contribution in [1.82, 2.24) is 0 Å². The number of rotatable bonds is 8. The minimum atomic E-state index is 0.388. The molecule has 122 valence electrons. The highest BCUT2D eigenvalue weighted by atomic mass is 16.5. The van der Waals surface area contributed by atoms with Crippen LogP contribution in [0.5, 0.6) is 5.75 Å². The number of carbonyl (C=O) groups is 1. The van der Waals surface area contributed by atoms with E-state index in [1.54, 1.807) is 6.08 Å². The first-order valence-corrected chi connectivity index (χ1v) is 8.41. The summed E-state index contributed by atoms with van der Waals surface area (Å²) in [6, 6.07) is 4.46. The number of hydrogen-bond acceptors (Lipinski definition) is 2. The zero-order valence-corrected chi connectivity index (χ0v) is 14.9. The van der Waals surface area contributed by atoms with Gasteiger partial charge in [0.2, 0.25) is 0 Å². The highest BCUT2D eigenvalue weighted by Crippen LogP contribution is 2.38.